The second-order valence-corrected chi connectivity index (χ2v) is 10.8. The van der Waals surface area contributed by atoms with Gasteiger partial charge < -0.3 is 0 Å². The van der Waals surface area contributed by atoms with Crippen LogP contribution in [0.25, 0.3) is 11.3 Å². The molecule has 0 unspecified atom stereocenters. The lowest BCUT2D eigenvalue weighted by atomic mass is 10.1. The third-order valence-electron chi connectivity index (χ3n) is 3.10. The molecule has 1 heterocycles. The Labute approximate surface area is 115 Å². The summed E-state index contributed by atoms with van der Waals surface area (Å²) in [4.78, 5) is 4.56. The molecule has 1 aromatic heterocycles. The molecule has 0 spiro atoms. The summed E-state index contributed by atoms with van der Waals surface area (Å²) in [6, 6.07) is 9.07. The number of nitrogens with zero attached hydrogens (tertiary/aromatic N) is 1. The molecule has 0 aliphatic rings. The Kier molecular flexibility index (Phi) is 2.48. The van der Waals surface area contributed by atoms with Crippen LogP contribution in [-0.2, 0) is 0 Å². The Morgan fingerprint density at radius 3 is 2.28 bits per heavy atom. The highest BCUT2D eigenvalue weighted by Gasteiger charge is 2.19. The molecule has 94 valence electrons. The fourth-order valence-corrected chi connectivity index (χ4v) is 3.85. The van der Waals surface area contributed by atoms with E-state index < -0.39 is 14.9 Å². The van der Waals surface area contributed by atoms with Crippen molar-refractivity contribution in [3.8, 4) is 11.3 Å². The monoisotopic (exact) mass is 258 g/mol. The van der Waals surface area contributed by atoms with Crippen molar-refractivity contribution in [2.24, 2.45) is 0 Å². The molecular formula is C16H21NSi. The molecule has 2 heteroatoms. The molecule has 2 rings (SSSR count). The van der Waals surface area contributed by atoms with Crippen molar-refractivity contribution in [2.45, 2.75) is 33.4 Å². The Bertz CT molecular complexity index is 640. The lowest BCUT2D eigenvalue weighted by molar-refractivity contribution is 1.30. The van der Waals surface area contributed by atoms with Crippen LogP contribution in [0.1, 0.15) is 15.2 Å². The average Bonchev–Trinajstić information content (AvgIpc) is 2.36. The lowest BCUT2D eigenvalue weighted by Gasteiger charge is -2.19. The number of rotatable bonds is 2. The molecule has 0 saturated carbocycles. The van der Waals surface area contributed by atoms with E-state index in [0.29, 0.717) is 5.56 Å². The third-order valence-corrected chi connectivity index (χ3v) is 5.24. The standard InChI is InChI=1S/C16H21NSi/c1-12-6-8-14(9-7-12)15-10-13(2)16(11-17-15)18(3,4)5/h6-11H,1-5H3/i1D3. The van der Waals surface area contributed by atoms with Gasteiger partial charge in [-0.05, 0) is 30.6 Å². The topological polar surface area (TPSA) is 12.9 Å². The zero-order chi connectivity index (χ0) is 15.8. The summed E-state index contributed by atoms with van der Waals surface area (Å²) >= 11 is 0. The van der Waals surface area contributed by atoms with Gasteiger partial charge in [0.15, 0.2) is 0 Å². The lowest BCUT2D eigenvalue weighted by Crippen LogP contribution is -2.39. The Balaban J connectivity index is 2.37. The van der Waals surface area contributed by atoms with E-state index in [2.05, 4.69) is 37.6 Å². The van der Waals surface area contributed by atoms with Crippen molar-refractivity contribution in [3.05, 3.63) is 47.7 Å². The van der Waals surface area contributed by atoms with Gasteiger partial charge in [0.05, 0.1) is 13.8 Å². The first-order valence-electron chi connectivity index (χ1n) is 7.67. The zero-order valence-electron chi connectivity index (χ0n) is 14.4. The molecule has 0 N–H and O–H groups in total. The predicted octanol–water partition coefficient (Wildman–Crippen LogP) is 3.91. The van der Waals surface area contributed by atoms with Gasteiger partial charge in [-0.15, -0.1) is 0 Å². The van der Waals surface area contributed by atoms with Crippen LogP contribution < -0.4 is 5.19 Å². The van der Waals surface area contributed by atoms with Gasteiger partial charge in [0.1, 0.15) is 0 Å². The molecule has 0 aliphatic carbocycles. The van der Waals surface area contributed by atoms with Crippen molar-refractivity contribution < 1.29 is 4.11 Å². The van der Waals surface area contributed by atoms with Gasteiger partial charge in [-0.2, -0.15) is 0 Å². The van der Waals surface area contributed by atoms with Gasteiger partial charge in [0, 0.05) is 15.9 Å². The summed E-state index contributed by atoms with van der Waals surface area (Å²) in [5, 5.41) is 1.37. The largest absolute Gasteiger partial charge is 0.256 e. The van der Waals surface area contributed by atoms with E-state index in [-0.39, 0.29) is 0 Å². The number of hydrogen-bond donors (Lipinski definition) is 0. The molecule has 0 amide bonds. The number of aryl methyl sites for hydroxylation is 2. The SMILES string of the molecule is [2H]C([2H])([2H])c1ccc(-c2cc(C)c([Si](C)(C)C)cn2)cc1. The van der Waals surface area contributed by atoms with Gasteiger partial charge in [-0.3, -0.25) is 4.98 Å². The minimum atomic E-state index is -2.05. The van der Waals surface area contributed by atoms with Crippen LogP contribution in [0.4, 0.5) is 0 Å². The normalized spacial score (nSPS) is 14.8. The minimum Gasteiger partial charge on any atom is -0.256 e. The molecule has 18 heavy (non-hydrogen) atoms. The van der Waals surface area contributed by atoms with Crippen LogP contribution >= 0.6 is 0 Å². The highest BCUT2D eigenvalue weighted by atomic mass is 28.3. The first-order valence-corrected chi connectivity index (χ1v) is 9.67. The van der Waals surface area contributed by atoms with E-state index in [4.69, 9.17) is 4.11 Å². The zero-order valence-corrected chi connectivity index (χ0v) is 12.4. The molecule has 0 saturated heterocycles. The second-order valence-electron chi connectivity index (χ2n) is 5.71. The van der Waals surface area contributed by atoms with Crippen LogP contribution in [0.3, 0.4) is 0 Å². The number of hydrogen-bond acceptors (Lipinski definition) is 1. The molecule has 0 radical (unpaired) electrons. The molecule has 1 nitrogen and oxygen atoms in total. The fraction of sp³-hybridized carbons (Fsp3) is 0.312. The molecule has 0 atom stereocenters. The maximum absolute atomic E-state index is 7.40. The van der Waals surface area contributed by atoms with Crippen molar-refractivity contribution in [3.63, 3.8) is 0 Å². The maximum atomic E-state index is 7.40. The smallest absolute Gasteiger partial charge is 0.0799 e. The summed E-state index contributed by atoms with van der Waals surface area (Å²) in [5.41, 5.74) is 3.47. The molecule has 1 aromatic carbocycles. The molecule has 0 bridgehead atoms. The van der Waals surface area contributed by atoms with Gasteiger partial charge in [0.25, 0.3) is 0 Å². The minimum absolute atomic E-state index is 0.363. The average molecular weight is 258 g/mol. The number of pyridine rings is 1. The summed E-state index contributed by atoms with van der Waals surface area (Å²) in [7, 11) is -1.37. The van der Waals surface area contributed by atoms with Crippen molar-refractivity contribution >= 4 is 13.3 Å². The summed E-state index contributed by atoms with van der Waals surface area (Å²) in [6.45, 7) is 6.99. The van der Waals surface area contributed by atoms with Crippen molar-refractivity contribution in [1.29, 1.82) is 0 Å². The fourth-order valence-electron chi connectivity index (χ4n) is 2.14. The Morgan fingerprint density at radius 2 is 1.78 bits per heavy atom. The van der Waals surface area contributed by atoms with E-state index in [9.17, 15) is 0 Å². The predicted molar refractivity (Wildman–Crippen MR) is 82.1 cm³/mol. The van der Waals surface area contributed by atoms with E-state index in [1.807, 2.05) is 18.3 Å². The highest BCUT2D eigenvalue weighted by molar-refractivity contribution is 6.89. The van der Waals surface area contributed by atoms with Gasteiger partial charge in [-0.1, -0.05) is 49.5 Å². The van der Waals surface area contributed by atoms with Crippen LogP contribution in [0.2, 0.25) is 19.6 Å². The molecule has 2 aromatic rings. The molecular weight excluding hydrogens is 234 g/mol. The summed E-state index contributed by atoms with van der Waals surface area (Å²) in [5.74, 6) is 0. The molecule has 0 aliphatic heterocycles. The van der Waals surface area contributed by atoms with Crippen molar-refractivity contribution in [1.82, 2.24) is 4.98 Å². The Hall–Kier alpha value is -1.41. The van der Waals surface area contributed by atoms with Crippen LogP contribution in [-0.4, -0.2) is 13.1 Å². The quantitative estimate of drug-likeness (QED) is 0.744. The van der Waals surface area contributed by atoms with Crippen LogP contribution in [0.15, 0.2) is 36.5 Å². The second kappa shape index (κ2) is 4.69. The van der Waals surface area contributed by atoms with Gasteiger partial charge >= 0.3 is 0 Å². The Morgan fingerprint density at radius 1 is 1.11 bits per heavy atom. The molecule has 0 fully saturated rings. The summed E-state index contributed by atoms with van der Waals surface area (Å²) in [6.07, 6.45) is 1.98. The van der Waals surface area contributed by atoms with Crippen LogP contribution in [0.5, 0.6) is 0 Å². The van der Waals surface area contributed by atoms with E-state index >= 15 is 0 Å². The number of benzene rings is 1. The van der Waals surface area contributed by atoms with E-state index in [1.54, 1.807) is 12.1 Å². The van der Waals surface area contributed by atoms with Crippen LogP contribution in [0, 0.1) is 13.8 Å². The maximum Gasteiger partial charge on any atom is 0.0799 e. The van der Waals surface area contributed by atoms with Gasteiger partial charge in [-0.25, -0.2) is 0 Å². The third kappa shape index (κ3) is 2.70. The van der Waals surface area contributed by atoms with E-state index in [0.717, 1.165) is 11.3 Å². The first kappa shape index (κ1) is 9.51. The van der Waals surface area contributed by atoms with E-state index in [1.165, 1.54) is 10.8 Å². The van der Waals surface area contributed by atoms with Crippen molar-refractivity contribution in [2.75, 3.05) is 0 Å². The van der Waals surface area contributed by atoms with Gasteiger partial charge in [0.2, 0.25) is 0 Å². The number of aromatic nitrogens is 1. The first-order chi connectivity index (χ1) is 9.59. The summed E-state index contributed by atoms with van der Waals surface area (Å²) < 4.78 is 22.2. The highest BCUT2D eigenvalue weighted by Crippen LogP contribution is 2.18.